The molecule has 0 aromatic heterocycles. The number of carbonyl (C=O) groups excluding carboxylic acids is 4. The van der Waals surface area contributed by atoms with Crippen LogP contribution < -0.4 is 21.1 Å². The summed E-state index contributed by atoms with van der Waals surface area (Å²) in [7, 11) is 1.35. The summed E-state index contributed by atoms with van der Waals surface area (Å²) in [6.45, 7) is 0.309. The molecule has 9 nitrogen and oxygen atoms in total. The fourth-order valence-corrected chi connectivity index (χ4v) is 4.84. The molecule has 4 rings (SSSR count). The summed E-state index contributed by atoms with van der Waals surface area (Å²) in [5, 5.41) is 5.42. The van der Waals surface area contributed by atoms with Gasteiger partial charge >= 0.3 is 0 Å². The Kier molecular flexibility index (Phi) is 9.81. The molecule has 41 heavy (non-hydrogen) atoms. The molecule has 0 radical (unpaired) electrons. The van der Waals surface area contributed by atoms with Gasteiger partial charge in [0.2, 0.25) is 17.7 Å². The zero-order valence-corrected chi connectivity index (χ0v) is 22.8. The van der Waals surface area contributed by atoms with E-state index in [2.05, 4.69) is 10.6 Å². The molecule has 0 saturated carbocycles. The van der Waals surface area contributed by atoms with Crippen molar-refractivity contribution in [3.63, 3.8) is 0 Å². The highest BCUT2D eigenvalue weighted by Gasteiger charge is 2.36. The first-order valence-corrected chi connectivity index (χ1v) is 13.4. The van der Waals surface area contributed by atoms with Gasteiger partial charge in [-0.15, -0.1) is 0 Å². The molecule has 2 atom stereocenters. The van der Waals surface area contributed by atoms with E-state index in [4.69, 9.17) is 10.5 Å². The standard InChI is InChI=1S/C31H33FN4O5/c1-41-28-18-23(32)11-12-24(28)34-30(39)25(15-16-33)35-31(40)26-17-21-9-5-6-10-22(21)19-36(26)29(38)14-13-27(37)20-7-3-2-4-8-20/h2-12,18,25-26H,13-17,19,33H2,1H3,(H,34,39)(H,35,40)/t25-,26-/m0/s1. The lowest BCUT2D eigenvalue weighted by molar-refractivity contribution is -0.142. The van der Waals surface area contributed by atoms with Gasteiger partial charge in [-0.1, -0.05) is 54.6 Å². The van der Waals surface area contributed by atoms with Crippen molar-refractivity contribution in [2.75, 3.05) is 19.0 Å². The average molecular weight is 561 g/mol. The topological polar surface area (TPSA) is 131 Å². The molecule has 1 aliphatic rings. The maximum atomic E-state index is 13.6. The number of halogens is 1. The summed E-state index contributed by atoms with van der Waals surface area (Å²) < 4.78 is 18.8. The molecule has 0 fully saturated rings. The molecule has 0 aliphatic carbocycles. The van der Waals surface area contributed by atoms with E-state index in [1.165, 1.54) is 24.1 Å². The molecular formula is C31H33FN4O5. The monoisotopic (exact) mass is 560 g/mol. The normalized spacial score (nSPS) is 14.9. The maximum Gasteiger partial charge on any atom is 0.247 e. The maximum absolute atomic E-state index is 13.6. The highest BCUT2D eigenvalue weighted by Crippen LogP contribution is 2.27. The predicted molar refractivity (Wildman–Crippen MR) is 152 cm³/mol. The number of nitrogens with zero attached hydrogens (tertiary/aromatic N) is 1. The number of fused-ring (bicyclic) bond motifs is 1. The van der Waals surface area contributed by atoms with Crippen LogP contribution in [-0.4, -0.2) is 54.1 Å². The van der Waals surface area contributed by atoms with Gasteiger partial charge in [0.1, 0.15) is 23.7 Å². The highest BCUT2D eigenvalue weighted by atomic mass is 19.1. The van der Waals surface area contributed by atoms with Crippen LogP contribution in [-0.2, 0) is 27.3 Å². The Morgan fingerprint density at radius 1 is 1.00 bits per heavy atom. The van der Waals surface area contributed by atoms with E-state index in [1.807, 2.05) is 30.3 Å². The first-order chi connectivity index (χ1) is 19.8. The van der Waals surface area contributed by atoms with Gasteiger partial charge in [-0.2, -0.15) is 0 Å². The number of nitrogens with two attached hydrogens (primary N) is 1. The summed E-state index contributed by atoms with van der Waals surface area (Å²) in [4.78, 5) is 54.3. The van der Waals surface area contributed by atoms with Gasteiger partial charge in [-0.25, -0.2) is 4.39 Å². The zero-order chi connectivity index (χ0) is 29.4. The summed E-state index contributed by atoms with van der Waals surface area (Å²) in [5.74, 6) is -1.97. The highest BCUT2D eigenvalue weighted by molar-refractivity contribution is 6.00. The van der Waals surface area contributed by atoms with Crippen LogP contribution in [0.1, 0.15) is 40.7 Å². The van der Waals surface area contributed by atoms with E-state index in [0.717, 1.165) is 17.2 Å². The number of hydrogen-bond donors (Lipinski definition) is 3. The van der Waals surface area contributed by atoms with Crippen molar-refractivity contribution in [1.29, 1.82) is 0 Å². The number of ketones is 1. The molecule has 10 heteroatoms. The summed E-state index contributed by atoms with van der Waals surface area (Å²) in [5.41, 5.74) is 8.34. The third-order valence-corrected chi connectivity index (χ3v) is 7.04. The number of anilines is 1. The van der Waals surface area contributed by atoms with Crippen LogP contribution in [0.5, 0.6) is 5.75 Å². The molecule has 3 amide bonds. The molecule has 3 aromatic carbocycles. The molecule has 1 heterocycles. The largest absolute Gasteiger partial charge is 0.494 e. The van der Waals surface area contributed by atoms with E-state index < -0.39 is 29.7 Å². The van der Waals surface area contributed by atoms with Crippen molar-refractivity contribution in [1.82, 2.24) is 10.2 Å². The van der Waals surface area contributed by atoms with E-state index in [0.29, 0.717) is 5.56 Å². The number of hydrogen-bond acceptors (Lipinski definition) is 6. The van der Waals surface area contributed by atoms with Crippen molar-refractivity contribution in [2.45, 2.75) is 44.3 Å². The van der Waals surface area contributed by atoms with Gasteiger partial charge in [-0.3, -0.25) is 19.2 Å². The Hall–Kier alpha value is -4.57. The third kappa shape index (κ3) is 7.34. The van der Waals surface area contributed by atoms with Gasteiger partial charge in [0.25, 0.3) is 0 Å². The van der Waals surface area contributed by atoms with Gasteiger partial charge in [0.05, 0.1) is 12.8 Å². The second kappa shape index (κ2) is 13.7. The van der Waals surface area contributed by atoms with Gasteiger partial charge in [-0.05, 0) is 36.2 Å². The first-order valence-electron chi connectivity index (χ1n) is 13.4. The Morgan fingerprint density at radius 2 is 1.71 bits per heavy atom. The van der Waals surface area contributed by atoms with Gasteiger partial charge in [0.15, 0.2) is 5.78 Å². The van der Waals surface area contributed by atoms with Crippen LogP contribution in [0.25, 0.3) is 0 Å². The van der Waals surface area contributed by atoms with Crippen molar-refractivity contribution in [3.8, 4) is 5.75 Å². The van der Waals surface area contributed by atoms with E-state index >= 15 is 0 Å². The number of nitrogens with one attached hydrogen (secondary N) is 2. The summed E-state index contributed by atoms with van der Waals surface area (Å²) in [6, 6.07) is 18.0. The molecule has 3 aromatic rings. The minimum absolute atomic E-state index is 0.00698. The smallest absolute Gasteiger partial charge is 0.247 e. The summed E-state index contributed by atoms with van der Waals surface area (Å²) in [6.07, 6.45) is 0.330. The fourth-order valence-electron chi connectivity index (χ4n) is 4.84. The van der Waals surface area contributed by atoms with Crippen molar-refractivity contribution < 1.29 is 28.3 Å². The number of rotatable bonds is 11. The number of carbonyl (C=O) groups is 4. The molecule has 0 saturated heterocycles. The molecule has 0 unspecified atom stereocenters. The fraction of sp³-hybridized carbons (Fsp3) is 0.290. The lowest BCUT2D eigenvalue weighted by atomic mass is 9.92. The molecule has 4 N–H and O–H groups in total. The van der Waals surface area contributed by atoms with Crippen LogP contribution in [0.2, 0.25) is 0 Å². The number of methoxy groups -OCH3 is 1. The van der Waals surface area contributed by atoms with Crippen molar-refractivity contribution >= 4 is 29.2 Å². The second-order valence-electron chi connectivity index (χ2n) is 9.77. The third-order valence-electron chi connectivity index (χ3n) is 7.04. The average Bonchev–Trinajstić information content (AvgIpc) is 2.99. The molecule has 0 spiro atoms. The van der Waals surface area contributed by atoms with Gasteiger partial charge < -0.3 is 26.0 Å². The second-order valence-corrected chi connectivity index (χ2v) is 9.77. The van der Waals surface area contributed by atoms with Crippen molar-refractivity contribution in [3.05, 3.63) is 95.3 Å². The Morgan fingerprint density at radius 3 is 2.41 bits per heavy atom. The van der Waals surface area contributed by atoms with Crippen LogP contribution in [0.4, 0.5) is 10.1 Å². The molecule has 214 valence electrons. The summed E-state index contributed by atoms with van der Waals surface area (Å²) >= 11 is 0. The molecular weight excluding hydrogens is 527 g/mol. The lowest BCUT2D eigenvalue weighted by Crippen LogP contribution is -2.56. The van der Waals surface area contributed by atoms with Gasteiger partial charge in [0, 0.05) is 37.4 Å². The van der Waals surface area contributed by atoms with E-state index in [1.54, 1.807) is 24.3 Å². The van der Waals surface area contributed by atoms with E-state index in [9.17, 15) is 23.6 Å². The lowest BCUT2D eigenvalue weighted by Gasteiger charge is -2.36. The number of ether oxygens (including phenoxy) is 1. The Labute approximate surface area is 237 Å². The number of Topliss-reactive ketones (excluding diaryl/α,β-unsaturated/α-hetero) is 1. The minimum atomic E-state index is -1.02. The Balaban J connectivity index is 1.50. The molecule has 1 aliphatic heterocycles. The van der Waals surface area contributed by atoms with Crippen LogP contribution in [0.15, 0.2) is 72.8 Å². The minimum Gasteiger partial charge on any atom is -0.494 e. The SMILES string of the molecule is COc1cc(F)ccc1NC(=O)[C@H](CCN)NC(=O)[C@@H]1Cc2ccccc2CN1C(=O)CCC(=O)c1ccccc1. The predicted octanol–water partition coefficient (Wildman–Crippen LogP) is 3.22. The zero-order valence-electron chi connectivity index (χ0n) is 22.8. The van der Waals surface area contributed by atoms with Crippen LogP contribution >= 0.6 is 0 Å². The quantitative estimate of drug-likeness (QED) is 0.309. The first kappa shape index (κ1) is 29.4. The van der Waals surface area contributed by atoms with E-state index in [-0.39, 0.29) is 61.9 Å². The Bertz CT molecular complexity index is 1410. The van der Waals surface area contributed by atoms with Crippen LogP contribution in [0, 0.1) is 5.82 Å². The van der Waals surface area contributed by atoms with Crippen molar-refractivity contribution in [2.24, 2.45) is 5.73 Å². The van der Waals surface area contributed by atoms with Crippen LogP contribution in [0.3, 0.4) is 0 Å². The number of amides is 3. The molecule has 0 bridgehead atoms. The number of benzene rings is 3.